The molecule has 0 bridgehead atoms. The molecule has 0 unspecified atom stereocenters. The van der Waals surface area contributed by atoms with Gasteiger partial charge in [-0.15, -0.1) is 11.6 Å². The van der Waals surface area contributed by atoms with Crippen molar-refractivity contribution in [3.63, 3.8) is 0 Å². The van der Waals surface area contributed by atoms with Crippen molar-refractivity contribution in [2.45, 2.75) is 32.8 Å². The Bertz CT molecular complexity index is 304. The van der Waals surface area contributed by atoms with Gasteiger partial charge in [0.25, 0.3) is 5.91 Å². The molecule has 2 amide bonds. The number of hydrogen-bond acceptors (Lipinski definition) is 4. The Kier molecular flexibility index (Phi) is 6.20. The van der Waals surface area contributed by atoms with Gasteiger partial charge in [-0.2, -0.15) is 0 Å². The van der Waals surface area contributed by atoms with Crippen molar-refractivity contribution >= 4 is 12.0 Å². The quantitative estimate of drug-likeness (QED) is 0.321. The maximum Gasteiger partial charge on any atom is 0.442 e. The summed E-state index contributed by atoms with van der Waals surface area (Å²) in [4.78, 5) is 28.0. The highest BCUT2D eigenvalue weighted by Crippen LogP contribution is 2.10. The van der Waals surface area contributed by atoms with Gasteiger partial charge in [-0.05, 0) is 33.3 Å². The highest BCUT2D eigenvalue weighted by molar-refractivity contribution is 5.97. The Morgan fingerprint density at radius 3 is 2.29 bits per heavy atom. The molecular formula is C12H19NO4. The standard InChI is InChI=1S/C12H19NO4/c1-6-8-9-16-13(10(14)7-2)11(15)17-12(3,4)5/h6-7H,1-2,8-9H2,3-5H3. The summed E-state index contributed by atoms with van der Waals surface area (Å²) in [6, 6.07) is 0. The molecule has 0 aromatic rings. The van der Waals surface area contributed by atoms with Crippen LogP contribution in [0.1, 0.15) is 27.2 Å². The molecule has 0 N–H and O–H groups in total. The van der Waals surface area contributed by atoms with Crippen LogP contribution in [-0.4, -0.2) is 29.3 Å². The summed E-state index contributed by atoms with van der Waals surface area (Å²) in [5.74, 6) is -0.664. The van der Waals surface area contributed by atoms with Crippen LogP contribution in [0.5, 0.6) is 0 Å². The fourth-order valence-electron chi connectivity index (χ4n) is 0.820. The average molecular weight is 241 g/mol. The summed E-state index contributed by atoms with van der Waals surface area (Å²) < 4.78 is 5.02. The van der Waals surface area contributed by atoms with E-state index in [1.165, 1.54) is 0 Å². The SMILES string of the molecule is C=CCCON(C(=O)C=C)C(=O)OC(C)(C)C. The van der Waals surface area contributed by atoms with Gasteiger partial charge >= 0.3 is 6.09 Å². The lowest BCUT2D eigenvalue weighted by atomic mass is 10.2. The Hall–Kier alpha value is -1.62. The summed E-state index contributed by atoms with van der Waals surface area (Å²) in [6.45, 7) is 12.1. The van der Waals surface area contributed by atoms with E-state index in [0.717, 1.165) is 6.08 Å². The molecule has 0 aromatic heterocycles. The van der Waals surface area contributed by atoms with Crippen molar-refractivity contribution in [3.05, 3.63) is 25.3 Å². The van der Waals surface area contributed by atoms with Crippen molar-refractivity contribution in [1.29, 1.82) is 0 Å². The molecule has 0 aliphatic carbocycles. The van der Waals surface area contributed by atoms with Crippen molar-refractivity contribution in [2.75, 3.05) is 6.61 Å². The monoisotopic (exact) mass is 241 g/mol. The van der Waals surface area contributed by atoms with Crippen molar-refractivity contribution in [2.24, 2.45) is 0 Å². The Morgan fingerprint density at radius 1 is 1.29 bits per heavy atom. The van der Waals surface area contributed by atoms with Gasteiger partial charge in [0.15, 0.2) is 0 Å². The van der Waals surface area contributed by atoms with Gasteiger partial charge in [0.2, 0.25) is 0 Å². The highest BCUT2D eigenvalue weighted by atomic mass is 16.7. The molecule has 0 fully saturated rings. The van der Waals surface area contributed by atoms with E-state index in [9.17, 15) is 9.59 Å². The van der Waals surface area contributed by atoms with E-state index in [4.69, 9.17) is 9.57 Å². The molecule has 5 heteroatoms. The first-order chi connectivity index (χ1) is 7.81. The molecule has 0 atom stereocenters. The molecule has 0 spiro atoms. The fraction of sp³-hybridized carbons (Fsp3) is 0.500. The fourth-order valence-corrected chi connectivity index (χ4v) is 0.820. The first-order valence-electron chi connectivity index (χ1n) is 5.25. The second-order valence-electron chi connectivity index (χ2n) is 4.23. The number of carbonyl (C=O) groups excluding carboxylic acids is 2. The van der Waals surface area contributed by atoms with Gasteiger partial charge in [-0.3, -0.25) is 9.63 Å². The van der Waals surface area contributed by atoms with E-state index in [0.29, 0.717) is 11.5 Å². The van der Waals surface area contributed by atoms with Crippen LogP contribution < -0.4 is 0 Å². The van der Waals surface area contributed by atoms with Gasteiger partial charge in [0.05, 0.1) is 6.61 Å². The molecule has 0 aromatic carbocycles. The molecule has 5 nitrogen and oxygen atoms in total. The molecule has 0 saturated heterocycles. The van der Waals surface area contributed by atoms with Crippen LogP contribution >= 0.6 is 0 Å². The van der Waals surface area contributed by atoms with Gasteiger partial charge in [0.1, 0.15) is 5.60 Å². The minimum absolute atomic E-state index is 0.169. The predicted molar refractivity (Wildman–Crippen MR) is 64.0 cm³/mol. The van der Waals surface area contributed by atoms with Gasteiger partial charge in [-0.25, -0.2) is 4.79 Å². The zero-order chi connectivity index (χ0) is 13.5. The van der Waals surface area contributed by atoms with E-state index >= 15 is 0 Å². The molecule has 0 saturated carbocycles. The summed E-state index contributed by atoms with van der Waals surface area (Å²) in [5.41, 5.74) is -0.696. The van der Waals surface area contributed by atoms with Crippen LogP contribution in [0, 0.1) is 0 Å². The van der Waals surface area contributed by atoms with E-state index < -0.39 is 17.6 Å². The molecular weight excluding hydrogens is 222 g/mol. The van der Waals surface area contributed by atoms with Crippen LogP contribution in [-0.2, 0) is 14.4 Å². The summed E-state index contributed by atoms with van der Waals surface area (Å²) in [7, 11) is 0. The Balaban J connectivity index is 4.56. The maximum absolute atomic E-state index is 11.6. The molecule has 0 aliphatic rings. The third-order valence-corrected chi connectivity index (χ3v) is 1.48. The minimum Gasteiger partial charge on any atom is -0.442 e. The normalized spacial score (nSPS) is 10.5. The number of hydroxylamine groups is 2. The summed E-state index contributed by atoms with van der Waals surface area (Å²) in [5, 5.41) is 0.557. The maximum atomic E-state index is 11.6. The molecule has 0 rings (SSSR count). The van der Waals surface area contributed by atoms with E-state index in [-0.39, 0.29) is 6.61 Å². The number of hydrogen-bond donors (Lipinski definition) is 0. The van der Waals surface area contributed by atoms with Crippen LogP contribution in [0.4, 0.5) is 4.79 Å². The Morgan fingerprint density at radius 2 is 1.88 bits per heavy atom. The first kappa shape index (κ1) is 15.4. The number of ether oxygens (including phenoxy) is 1. The third-order valence-electron chi connectivity index (χ3n) is 1.48. The highest BCUT2D eigenvalue weighted by Gasteiger charge is 2.26. The van der Waals surface area contributed by atoms with Gasteiger partial charge < -0.3 is 4.74 Å². The molecule has 17 heavy (non-hydrogen) atoms. The number of imide groups is 1. The molecule has 0 aliphatic heterocycles. The lowest BCUT2D eigenvalue weighted by Crippen LogP contribution is -2.40. The van der Waals surface area contributed by atoms with E-state index in [1.807, 2.05) is 0 Å². The van der Waals surface area contributed by atoms with Gasteiger partial charge in [0, 0.05) is 0 Å². The van der Waals surface area contributed by atoms with E-state index in [1.54, 1.807) is 26.8 Å². The summed E-state index contributed by atoms with van der Waals surface area (Å²) >= 11 is 0. The number of rotatable bonds is 5. The second kappa shape index (κ2) is 6.85. The minimum atomic E-state index is -0.855. The molecule has 0 radical (unpaired) electrons. The molecule has 0 heterocycles. The second-order valence-corrected chi connectivity index (χ2v) is 4.23. The van der Waals surface area contributed by atoms with Crippen molar-refractivity contribution < 1.29 is 19.2 Å². The summed E-state index contributed by atoms with van der Waals surface area (Å²) in [6.07, 6.45) is 2.26. The van der Waals surface area contributed by atoms with Crippen LogP contribution in [0.3, 0.4) is 0 Å². The van der Waals surface area contributed by atoms with Gasteiger partial charge in [-0.1, -0.05) is 12.7 Å². The van der Waals surface area contributed by atoms with Crippen molar-refractivity contribution in [3.8, 4) is 0 Å². The number of carbonyl (C=O) groups is 2. The lowest BCUT2D eigenvalue weighted by Gasteiger charge is -2.24. The zero-order valence-electron chi connectivity index (χ0n) is 10.6. The van der Waals surface area contributed by atoms with Crippen LogP contribution in [0.2, 0.25) is 0 Å². The lowest BCUT2D eigenvalue weighted by molar-refractivity contribution is -0.172. The largest absolute Gasteiger partial charge is 0.442 e. The first-order valence-corrected chi connectivity index (χ1v) is 5.25. The predicted octanol–water partition coefficient (Wildman–Crippen LogP) is 2.44. The molecule has 96 valence electrons. The number of amides is 2. The number of nitrogens with zero attached hydrogens (tertiary/aromatic N) is 1. The average Bonchev–Trinajstić information content (AvgIpc) is 2.20. The van der Waals surface area contributed by atoms with Crippen LogP contribution in [0.15, 0.2) is 25.3 Å². The van der Waals surface area contributed by atoms with E-state index in [2.05, 4.69) is 13.2 Å². The smallest absolute Gasteiger partial charge is 0.442 e. The van der Waals surface area contributed by atoms with Crippen molar-refractivity contribution in [1.82, 2.24) is 5.06 Å². The topological polar surface area (TPSA) is 55.8 Å². The zero-order valence-corrected chi connectivity index (χ0v) is 10.6. The third kappa shape index (κ3) is 6.52. The Labute approximate surface area is 102 Å². The van der Waals surface area contributed by atoms with Crippen LogP contribution in [0.25, 0.3) is 0 Å².